The van der Waals surface area contributed by atoms with Crippen LogP contribution in [0.5, 0.6) is 0 Å². The van der Waals surface area contributed by atoms with E-state index in [1.807, 2.05) is 0 Å². The predicted molar refractivity (Wildman–Crippen MR) is 69.8 cm³/mol. The number of hydrogen-bond donors (Lipinski definition) is 2. The number of carbonyl (C=O) groups is 2. The smallest absolute Gasteiger partial charge is 0.416 e. The summed E-state index contributed by atoms with van der Waals surface area (Å²) < 4.78 is 37.7. The third kappa shape index (κ3) is 4.94. The molecule has 1 aromatic rings. The fraction of sp³-hybridized carbons (Fsp3) is 0.286. The summed E-state index contributed by atoms with van der Waals surface area (Å²) in [5, 5.41) is 11.1. The molecule has 2 N–H and O–H groups in total. The van der Waals surface area contributed by atoms with E-state index in [9.17, 15) is 22.8 Å². The van der Waals surface area contributed by atoms with Gasteiger partial charge in [-0.3, -0.25) is 4.79 Å². The SMILES string of the molecule is C=C(C)C[C@@H](NC(=O)c1cccc(C(F)(F)F)c1)C(=O)O. The molecule has 0 aliphatic heterocycles. The van der Waals surface area contributed by atoms with E-state index in [4.69, 9.17) is 5.11 Å². The minimum absolute atomic E-state index is 0.0000346. The molecule has 114 valence electrons. The first-order chi connectivity index (χ1) is 9.61. The molecule has 0 aliphatic carbocycles. The number of carbonyl (C=O) groups excluding carboxylic acids is 1. The van der Waals surface area contributed by atoms with Crippen molar-refractivity contribution >= 4 is 11.9 Å². The zero-order chi connectivity index (χ0) is 16.2. The Morgan fingerprint density at radius 2 is 2.00 bits per heavy atom. The van der Waals surface area contributed by atoms with Gasteiger partial charge in [0.2, 0.25) is 0 Å². The van der Waals surface area contributed by atoms with Crippen molar-refractivity contribution in [2.45, 2.75) is 25.6 Å². The third-order valence-corrected chi connectivity index (χ3v) is 2.61. The maximum absolute atomic E-state index is 12.6. The van der Waals surface area contributed by atoms with Gasteiger partial charge in [0, 0.05) is 5.56 Å². The van der Waals surface area contributed by atoms with Crippen molar-refractivity contribution in [2.75, 3.05) is 0 Å². The Kier molecular flexibility index (Phi) is 5.12. The quantitative estimate of drug-likeness (QED) is 0.822. The Balaban J connectivity index is 2.93. The Morgan fingerprint density at radius 1 is 1.38 bits per heavy atom. The van der Waals surface area contributed by atoms with Crippen LogP contribution in [0.1, 0.15) is 29.3 Å². The fourth-order valence-electron chi connectivity index (χ4n) is 1.63. The lowest BCUT2D eigenvalue weighted by atomic mass is 10.1. The lowest BCUT2D eigenvalue weighted by molar-refractivity contribution is -0.139. The number of halogens is 3. The largest absolute Gasteiger partial charge is 0.480 e. The second-order valence-corrected chi connectivity index (χ2v) is 4.60. The number of carboxylic acid groups (broad SMARTS) is 1. The molecule has 0 heterocycles. The number of nitrogens with one attached hydrogen (secondary N) is 1. The average molecular weight is 301 g/mol. The number of benzene rings is 1. The molecule has 0 aromatic heterocycles. The van der Waals surface area contributed by atoms with Crippen molar-refractivity contribution in [3.63, 3.8) is 0 Å². The van der Waals surface area contributed by atoms with Gasteiger partial charge in [-0.05, 0) is 31.5 Å². The number of aliphatic carboxylic acids is 1. The van der Waals surface area contributed by atoms with E-state index < -0.39 is 29.7 Å². The highest BCUT2D eigenvalue weighted by atomic mass is 19.4. The first kappa shape index (κ1) is 16.7. The van der Waals surface area contributed by atoms with Gasteiger partial charge in [0.15, 0.2) is 0 Å². The molecule has 0 spiro atoms. The van der Waals surface area contributed by atoms with Crippen LogP contribution in [0.3, 0.4) is 0 Å². The maximum atomic E-state index is 12.6. The molecule has 1 aromatic carbocycles. The standard InChI is InChI=1S/C14H14F3NO3/c1-8(2)6-11(13(20)21)18-12(19)9-4-3-5-10(7-9)14(15,16)17/h3-5,7,11H,1,6H2,2H3,(H,18,19)(H,20,21)/t11-/m1/s1. The van der Waals surface area contributed by atoms with Crippen molar-refractivity contribution in [1.82, 2.24) is 5.32 Å². The van der Waals surface area contributed by atoms with Crippen molar-refractivity contribution in [1.29, 1.82) is 0 Å². The van der Waals surface area contributed by atoms with Crippen LogP contribution in [0.4, 0.5) is 13.2 Å². The highest BCUT2D eigenvalue weighted by Gasteiger charge is 2.31. The van der Waals surface area contributed by atoms with Crippen molar-refractivity contribution in [3.8, 4) is 0 Å². The fourth-order valence-corrected chi connectivity index (χ4v) is 1.63. The summed E-state index contributed by atoms with van der Waals surface area (Å²) in [7, 11) is 0. The van der Waals surface area contributed by atoms with Crippen molar-refractivity contribution < 1.29 is 27.9 Å². The monoisotopic (exact) mass is 301 g/mol. The number of rotatable bonds is 5. The first-order valence-electron chi connectivity index (χ1n) is 5.96. The molecule has 0 unspecified atom stereocenters. The van der Waals surface area contributed by atoms with Crippen LogP contribution in [-0.4, -0.2) is 23.0 Å². The van der Waals surface area contributed by atoms with Gasteiger partial charge < -0.3 is 10.4 Å². The summed E-state index contributed by atoms with van der Waals surface area (Å²) in [5.41, 5.74) is -0.688. The average Bonchev–Trinajstić information content (AvgIpc) is 2.36. The van der Waals surface area contributed by atoms with E-state index in [0.717, 1.165) is 12.1 Å². The summed E-state index contributed by atoms with van der Waals surface area (Å²) >= 11 is 0. The molecule has 0 radical (unpaired) electrons. The topological polar surface area (TPSA) is 66.4 Å². The number of hydrogen-bond acceptors (Lipinski definition) is 2. The normalized spacial score (nSPS) is 12.6. The molecule has 0 saturated carbocycles. The van der Waals surface area contributed by atoms with Crippen LogP contribution in [0, 0.1) is 0 Å². The molecule has 21 heavy (non-hydrogen) atoms. The summed E-state index contributed by atoms with van der Waals surface area (Å²) in [5.74, 6) is -2.16. The van der Waals surface area contributed by atoms with Gasteiger partial charge in [-0.15, -0.1) is 6.58 Å². The van der Waals surface area contributed by atoms with Crippen LogP contribution in [0.25, 0.3) is 0 Å². The van der Waals surface area contributed by atoms with Gasteiger partial charge in [0.05, 0.1) is 5.56 Å². The van der Waals surface area contributed by atoms with Crippen molar-refractivity contribution in [3.05, 3.63) is 47.5 Å². The van der Waals surface area contributed by atoms with Crippen molar-refractivity contribution in [2.24, 2.45) is 0 Å². The highest BCUT2D eigenvalue weighted by Crippen LogP contribution is 2.29. The minimum atomic E-state index is -4.57. The zero-order valence-corrected chi connectivity index (χ0v) is 11.2. The zero-order valence-electron chi connectivity index (χ0n) is 11.2. The molecular weight excluding hydrogens is 287 g/mol. The number of carboxylic acids is 1. The second kappa shape index (κ2) is 6.43. The van der Waals surface area contributed by atoms with E-state index in [0.29, 0.717) is 11.6 Å². The lowest BCUT2D eigenvalue weighted by Crippen LogP contribution is -2.40. The molecule has 0 bridgehead atoms. The third-order valence-electron chi connectivity index (χ3n) is 2.61. The molecular formula is C14H14F3NO3. The molecule has 1 rings (SSSR count). The molecule has 4 nitrogen and oxygen atoms in total. The van der Waals surface area contributed by atoms with Crippen LogP contribution >= 0.6 is 0 Å². The molecule has 1 atom stereocenters. The molecule has 7 heteroatoms. The van der Waals surface area contributed by atoms with E-state index in [-0.39, 0.29) is 12.0 Å². The van der Waals surface area contributed by atoms with Gasteiger partial charge in [-0.1, -0.05) is 11.6 Å². The van der Waals surface area contributed by atoms with Gasteiger partial charge in [-0.25, -0.2) is 4.79 Å². The minimum Gasteiger partial charge on any atom is -0.480 e. The highest BCUT2D eigenvalue weighted by molar-refractivity contribution is 5.96. The Labute approximate surface area is 119 Å². The Morgan fingerprint density at radius 3 is 2.48 bits per heavy atom. The van der Waals surface area contributed by atoms with E-state index in [1.165, 1.54) is 6.07 Å². The number of amides is 1. The summed E-state index contributed by atoms with van der Waals surface area (Å²) in [6, 6.07) is 2.55. The summed E-state index contributed by atoms with van der Waals surface area (Å²) in [4.78, 5) is 22.8. The van der Waals surface area contributed by atoms with E-state index in [1.54, 1.807) is 6.92 Å². The first-order valence-corrected chi connectivity index (χ1v) is 5.96. The van der Waals surface area contributed by atoms with Crippen LogP contribution in [-0.2, 0) is 11.0 Å². The van der Waals surface area contributed by atoms with Crippen LogP contribution in [0.15, 0.2) is 36.4 Å². The van der Waals surface area contributed by atoms with Gasteiger partial charge in [0.25, 0.3) is 5.91 Å². The summed E-state index contributed by atoms with van der Waals surface area (Å²) in [6.07, 6.45) is -4.57. The van der Waals surface area contributed by atoms with Gasteiger partial charge >= 0.3 is 12.1 Å². The van der Waals surface area contributed by atoms with E-state index in [2.05, 4.69) is 11.9 Å². The van der Waals surface area contributed by atoms with Gasteiger partial charge in [-0.2, -0.15) is 13.2 Å². The van der Waals surface area contributed by atoms with Crippen LogP contribution in [0.2, 0.25) is 0 Å². The number of alkyl halides is 3. The molecule has 0 fully saturated rings. The molecule has 1 amide bonds. The lowest BCUT2D eigenvalue weighted by Gasteiger charge is -2.15. The maximum Gasteiger partial charge on any atom is 0.416 e. The van der Waals surface area contributed by atoms with E-state index >= 15 is 0 Å². The summed E-state index contributed by atoms with van der Waals surface area (Å²) in [6.45, 7) is 5.13. The Bertz CT molecular complexity index is 567. The van der Waals surface area contributed by atoms with Crippen LogP contribution < -0.4 is 5.32 Å². The second-order valence-electron chi connectivity index (χ2n) is 4.60. The predicted octanol–water partition coefficient (Wildman–Crippen LogP) is 2.85. The van der Waals surface area contributed by atoms with Gasteiger partial charge in [0.1, 0.15) is 6.04 Å². The Hall–Kier alpha value is -2.31. The molecule has 0 aliphatic rings. The molecule has 0 saturated heterocycles.